The Hall–Kier alpha value is -0.951. The smallest absolute Gasteiger partial charge is 1.00 e. The predicted octanol–water partition coefficient (Wildman–Crippen LogP) is 1.22. The Morgan fingerprint density at radius 3 is 2.26 bits per heavy atom. The van der Waals surface area contributed by atoms with Crippen molar-refractivity contribution in [2.45, 2.75) is 26.4 Å². The number of para-hydroxylation sites is 1. The zero-order valence-corrected chi connectivity index (χ0v) is 12.6. The summed E-state index contributed by atoms with van der Waals surface area (Å²) < 4.78 is 5.73. The Bertz CT molecular complexity index is 459. The molecule has 0 aliphatic heterocycles. The van der Waals surface area contributed by atoms with Gasteiger partial charge in [0.1, 0.15) is 12.4 Å². The minimum Gasteiger partial charge on any atom is -1.00 e. The average Bonchev–Trinajstić information content (AvgIpc) is 2.39. The molecule has 0 aliphatic rings. The molecule has 0 heterocycles. The van der Waals surface area contributed by atoms with Crippen molar-refractivity contribution in [3.05, 3.63) is 65.7 Å². The van der Waals surface area contributed by atoms with Gasteiger partial charge in [0.2, 0.25) is 0 Å². The summed E-state index contributed by atoms with van der Waals surface area (Å²) in [5.41, 5.74) is 2.63. The Balaban J connectivity index is 0.00000162. The molecule has 19 heavy (non-hydrogen) atoms. The fraction of sp³-hybridized carbons (Fsp3) is 0.250. The maximum absolute atomic E-state index is 5.73. The SMILES string of the molecule is CCCc1cccc(COc2ccccc2)c1.[Cl-].[Cu+]. The van der Waals surface area contributed by atoms with Crippen molar-refractivity contribution >= 4 is 0 Å². The first-order chi connectivity index (χ1) is 8.38. The summed E-state index contributed by atoms with van der Waals surface area (Å²) in [7, 11) is 0. The van der Waals surface area contributed by atoms with Gasteiger partial charge in [0.25, 0.3) is 0 Å². The minimum atomic E-state index is 0. The normalized spacial score (nSPS) is 9.11. The first kappa shape index (κ1) is 18.0. The summed E-state index contributed by atoms with van der Waals surface area (Å²) in [6.45, 7) is 2.84. The van der Waals surface area contributed by atoms with E-state index in [-0.39, 0.29) is 29.5 Å². The summed E-state index contributed by atoms with van der Waals surface area (Å²) in [4.78, 5) is 0. The molecule has 2 aromatic rings. The van der Waals surface area contributed by atoms with Gasteiger partial charge in [-0.05, 0) is 29.7 Å². The van der Waals surface area contributed by atoms with Crippen LogP contribution in [0.2, 0.25) is 0 Å². The van der Waals surface area contributed by atoms with Crippen LogP contribution in [0, 0.1) is 0 Å². The summed E-state index contributed by atoms with van der Waals surface area (Å²) in [5, 5.41) is 0. The maximum atomic E-state index is 5.73. The zero-order chi connectivity index (χ0) is 11.9. The number of hydrogen-bond donors (Lipinski definition) is 0. The Morgan fingerprint density at radius 2 is 1.58 bits per heavy atom. The maximum Gasteiger partial charge on any atom is 1.00 e. The molecule has 0 fully saturated rings. The van der Waals surface area contributed by atoms with Crippen LogP contribution in [-0.2, 0) is 30.1 Å². The van der Waals surface area contributed by atoms with Gasteiger partial charge in [0, 0.05) is 0 Å². The molecule has 2 aromatic carbocycles. The average molecular weight is 325 g/mol. The molecule has 0 aromatic heterocycles. The number of aryl methyl sites for hydroxylation is 1. The monoisotopic (exact) mass is 324 g/mol. The molecule has 3 heteroatoms. The van der Waals surface area contributed by atoms with Gasteiger partial charge < -0.3 is 17.1 Å². The van der Waals surface area contributed by atoms with Crippen LogP contribution in [0.1, 0.15) is 24.5 Å². The van der Waals surface area contributed by atoms with Crippen LogP contribution < -0.4 is 17.1 Å². The van der Waals surface area contributed by atoms with Crippen molar-refractivity contribution in [1.29, 1.82) is 0 Å². The Kier molecular flexibility index (Phi) is 9.42. The van der Waals surface area contributed by atoms with Crippen molar-refractivity contribution < 1.29 is 34.2 Å². The summed E-state index contributed by atoms with van der Waals surface area (Å²) >= 11 is 0. The van der Waals surface area contributed by atoms with Gasteiger partial charge >= 0.3 is 17.1 Å². The molecule has 0 atom stereocenters. The molecular formula is C16H18ClCuO. The summed E-state index contributed by atoms with van der Waals surface area (Å²) in [6.07, 6.45) is 2.32. The first-order valence-electron chi connectivity index (χ1n) is 6.14. The molecule has 106 valence electrons. The van der Waals surface area contributed by atoms with E-state index < -0.39 is 0 Å². The molecule has 2 rings (SSSR count). The van der Waals surface area contributed by atoms with Crippen LogP contribution in [0.15, 0.2) is 54.6 Å². The van der Waals surface area contributed by atoms with E-state index in [2.05, 4.69) is 31.2 Å². The third kappa shape index (κ3) is 6.15. The molecule has 0 bridgehead atoms. The summed E-state index contributed by atoms with van der Waals surface area (Å²) in [6, 6.07) is 18.6. The molecule has 0 saturated carbocycles. The Labute approximate surface area is 132 Å². The molecule has 0 saturated heterocycles. The molecule has 0 radical (unpaired) electrons. The number of rotatable bonds is 5. The van der Waals surface area contributed by atoms with Crippen molar-refractivity contribution in [1.82, 2.24) is 0 Å². The van der Waals surface area contributed by atoms with Crippen LogP contribution in [0.3, 0.4) is 0 Å². The fourth-order valence-corrected chi connectivity index (χ4v) is 1.85. The predicted molar refractivity (Wildman–Crippen MR) is 71.2 cm³/mol. The van der Waals surface area contributed by atoms with Gasteiger partial charge in [-0.2, -0.15) is 0 Å². The van der Waals surface area contributed by atoms with E-state index >= 15 is 0 Å². The van der Waals surface area contributed by atoms with Gasteiger partial charge in [-0.1, -0.05) is 55.8 Å². The quantitative estimate of drug-likeness (QED) is 0.751. The third-order valence-corrected chi connectivity index (χ3v) is 2.68. The number of ether oxygens (including phenoxy) is 1. The van der Waals surface area contributed by atoms with Crippen molar-refractivity contribution in [3.8, 4) is 5.75 Å². The second-order valence-electron chi connectivity index (χ2n) is 4.17. The van der Waals surface area contributed by atoms with E-state index in [1.165, 1.54) is 17.5 Å². The van der Waals surface area contributed by atoms with Crippen LogP contribution in [0.25, 0.3) is 0 Å². The van der Waals surface area contributed by atoms with Crippen LogP contribution in [0.4, 0.5) is 0 Å². The minimum absolute atomic E-state index is 0. The van der Waals surface area contributed by atoms with E-state index in [0.717, 1.165) is 12.2 Å². The van der Waals surface area contributed by atoms with Crippen LogP contribution >= 0.6 is 0 Å². The van der Waals surface area contributed by atoms with Gasteiger partial charge in [-0.25, -0.2) is 0 Å². The molecule has 0 unspecified atom stereocenters. The molecular weight excluding hydrogens is 307 g/mol. The van der Waals surface area contributed by atoms with Gasteiger partial charge in [-0.3, -0.25) is 0 Å². The second-order valence-corrected chi connectivity index (χ2v) is 4.17. The van der Waals surface area contributed by atoms with Gasteiger partial charge in [-0.15, -0.1) is 0 Å². The molecule has 0 aliphatic carbocycles. The molecule has 0 amide bonds. The third-order valence-electron chi connectivity index (χ3n) is 2.68. The molecule has 0 spiro atoms. The summed E-state index contributed by atoms with van der Waals surface area (Å²) in [5.74, 6) is 0.924. The number of halogens is 1. The standard InChI is InChI=1S/C16H18O.ClH.Cu/c1-2-7-14-8-6-9-15(12-14)13-17-16-10-4-3-5-11-16;;/h3-6,8-12H,2,7,13H2,1H3;1H;/q;;+1/p-1. The van der Waals surface area contributed by atoms with Crippen LogP contribution in [-0.4, -0.2) is 0 Å². The van der Waals surface area contributed by atoms with E-state index in [1.807, 2.05) is 30.3 Å². The largest absolute Gasteiger partial charge is 1.00 e. The van der Waals surface area contributed by atoms with E-state index in [1.54, 1.807) is 0 Å². The van der Waals surface area contributed by atoms with Crippen LogP contribution in [0.5, 0.6) is 5.75 Å². The van der Waals surface area contributed by atoms with Gasteiger partial charge in [0.15, 0.2) is 0 Å². The number of hydrogen-bond acceptors (Lipinski definition) is 1. The topological polar surface area (TPSA) is 9.23 Å². The zero-order valence-electron chi connectivity index (χ0n) is 10.9. The number of benzene rings is 2. The second kappa shape index (κ2) is 9.91. The first-order valence-corrected chi connectivity index (χ1v) is 6.14. The Morgan fingerprint density at radius 1 is 0.895 bits per heavy atom. The van der Waals surface area contributed by atoms with Crippen molar-refractivity contribution in [2.75, 3.05) is 0 Å². The van der Waals surface area contributed by atoms with Gasteiger partial charge in [0.05, 0.1) is 0 Å². The van der Waals surface area contributed by atoms with E-state index in [0.29, 0.717) is 6.61 Å². The molecule has 1 nitrogen and oxygen atoms in total. The fourth-order valence-electron chi connectivity index (χ4n) is 1.85. The van der Waals surface area contributed by atoms with E-state index in [9.17, 15) is 0 Å². The molecule has 0 N–H and O–H groups in total. The van der Waals surface area contributed by atoms with Crippen molar-refractivity contribution in [2.24, 2.45) is 0 Å². The van der Waals surface area contributed by atoms with E-state index in [4.69, 9.17) is 4.74 Å². The van der Waals surface area contributed by atoms with Crippen molar-refractivity contribution in [3.63, 3.8) is 0 Å².